The SMILES string of the molecule is O=C(Nc1ccc2onc(C(=O)Nc3ccc(Br)cc3-c3nn[nH]n3)c2c1)c1ccccc1. The number of rotatable bonds is 5. The van der Waals surface area contributed by atoms with Crippen molar-refractivity contribution in [2.24, 2.45) is 0 Å². The van der Waals surface area contributed by atoms with Crippen molar-refractivity contribution in [3.63, 3.8) is 0 Å². The minimum Gasteiger partial charge on any atom is -0.355 e. The first-order valence-corrected chi connectivity index (χ1v) is 10.5. The molecule has 0 fully saturated rings. The van der Waals surface area contributed by atoms with Crippen LogP contribution >= 0.6 is 15.9 Å². The van der Waals surface area contributed by atoms with E-state index in [9.17, 15) is 9.59 Å². The number of aromatic amines is 1. The Morgan fingerprint density at radius 2 is 1.79 bits per heavy atom. The lowest BCUT2D eigenvalue weighted by Gasteiger charge is -2.08. The summed E-state index contributed by atoms with van der Waals surface area (Å²) in [6, 6.07) is 19.0. The number of fused-ring (bicyclic) bond motifs is 1. The summed E-state index contributed by atoms with van der Waals surface area (Å²) in [6.45, 7) is 0. The second-order valence-electron chi connectivity index (χ2n) is 6.94. The van der Waals surface area contributed by atoms with E-state index in [-0.39, 0.29) is 11.6 Å². The summed E-state index contributed by atoms with van der Waals surface area (Å²) < 4.78 is 6.09. The molecule has 33 heavy (non-hydrogen) atoms. The van der Waals surface area contributed by atoms with Crippen molar-refractivity contribution in [1.82, 2.24) is 25.8 Å². The maximum atomic E-state index is 13.1. The van der Waals surface area contributed by atoms with E-state index in [1.165, 1.54) is 0 Å². The Labute approximate surface area is 194 Å². The Balaban J connectivity index is 1.43. The Kier molecular flexibility index (Phi) is 5.37. The molecule has 0 atom stereocenters. The quantitative estimate of drug-likeness (QED) is 0.325. The number of carbonyl (C=O) groups is 2. The molecule has 0 unspecified atom stereocenters. The van der Waals surface area contributed by atoms with Gasteiger partial charge in [0.2, 0.25) is 5.82 Å². The maximum absolute atomic E-state index is 13.1. The van der Waals surface area contributed by atoms with Crippen molar-refractivity contribution in [3.8, 4) is 11.4 Å². The molecule has 0 spiro atoms. The van der Waals surface area contributed by atoms with Gasteiger partial charge in [-0.3, -0.25) is 9.59 Å². The summed E-state index contributed by atoms with van der Waals surface area (Å²) in [5.41, 5.74) is 2.54. The second-order valence-corrected chi connectivity index (χ2v) is 7.86. The fourth-order valence-electron chi connectivity index (χ4n) is 3.24. The van der Waals surface area contributed by atoms with Crippen LogP contribution in [0.3, 0.4) is 0 Å². The molecule has 0 saturated heterocycles. The van der Waals surface area contributed by atoms with Crippen molar-refractivity contribution in [2.45, 2.75) is 0 Å². The first-order valence-electron chi connectivity index (χ1n) is 9.69. The molecule has 0 radical (unpaired) electrons. The highest BCUT2D eigenvalue weighted by molar-refractivity contribution is 9.10. The fraction of sp³-hybridized carbons (Fsp3) is 0. The van der Waals surface area contributed by atoms with Gasteiger partial charge in [0.05, 0.1) is 11.1 Å². The maximum Gasteiger partial charge on any atom is 0.278 e. The Bertz CT molecular complexity index is 1470. The molecule has 0 aliphatic carbocycles. The Morgan fingerprint density at radius 3 is 2.58 bits per heavy atom. The van der Waals surface area contributed by atoms with Gasteiger partial charge in [0.1, 0.15) is 0 Å². The van der Waals surface area contributed by atoms with Crippen molar-refractivity contribution in [2.75, 3.05) is 10.6 Å². The molecule has 2 heterocycles. The third-order valence-corrected chi connectivity index (χ3v) is 5.29. The van der Waals surface area contributed by atoms with Gasteiger partial charge in [-0.1, -0.05) is 39.3 Å². The summed E-state index contributed by atoms with van der Waals surface area (Å²) in [4.78, 5) is 25.5. The minimum absolute atomic E-state index is 0.0720. The molecule has 11 heteroatoms. The molecule has 2 amide bonds. The van der Waals surface area contributed by atoms with Gasteiger partial charge in [0.25, 0.3) is 11.8 Å². The van der Waals surface area contributed by atoms with Crippen molar-refractivity contribution in [1.29, 1.82) is 0 Å². The van der Waals surface area contributed by atoms with Gasteiger partial charge in [-0.05, 0) is 53.7 Å². The number of carbonyl (C=O) groups excluding carboxylic acids is 2. The van der Waals surface area contributed by atoms with Crippen LogP contribution in [0.15, 0.2) is 75.7 Å². The summed E-state index contributed by atoms with van der Waals surface area (Å²) in [5, 5.41) is 23.9. The van der Waals surface area contributed by atoms with Gasteiger partial charge in [-0.25, -0.2) is 0 Å². The van der Waals surface area contributed by atoms with Gasteiger partial charge < -0.3 is 15.2 Å². The average Bonchev–Trinajstić information content (AvgIpc) is 3.51. The van der Waals surface area contributed by atoms with Crippen molar-refractivity contribution < 1.29 is 14.1 Å². The van der Waals surface area contributed by atoms with E-state index in [1.54, 1.807) is 60.7 Å². The monoisotopic (exact) mass is 503 g/mol. The third-order valence-electron chi connectivity index (χ3n) is 4.79. The zero-order chi connectivity index (χ0) is 22.8. The van der Waals surface area contributed by atoms with Gasteiger partial charge in [0, 0.05) is 21.3 Å². The number of aromatic nitrogens is 5. The Hall–Kier alpha value is -4.38. The van der Waals surface area contributed by atoms with Crippen LogP contribution in [0.5, 0.6) is 0 Å². The van der Waals surface area contributed by atoms with Crippen LogP contribution in [-0.4, -0.2) is 37.6 Å². The lowest BCUT2D eigenvalue weighted by atomic mass is 10.1. The number of amides is 2. The number of tetrazole rings is 1. The summed E-state index contributed by atoms with van der Waals surface area (Å²) in [7, 11) is 0. The number of hydrogen-bond acceptors (Lipinski definition) is 7. The van der Waals surface area contributed by atoms with Crippen molar-refractivity contribution >= 4 is 50.1 Å². The number of H-pyrrole nitrogens is 1. The van der Waals surface area contributed by atoms with Crippen molar-refractivity contribution in [3.05, 3.63) is 82.5 Å². The molecule has 162 valence electrons. The molecule has 5 rings (SSSR count). The van der Waals surface area contributed by atoms with Crippen LogP contribution in [-0.2, 0) is 0 Å². The van der Waals surface area contributed by atoms with Crippen LogP contribution in [0, 0.1) is 0 Å². The molecule has 3 aromatic carbocycles. The van der Waals surface area contributed by atoms with E-state index in [2.05, 4.69) is 52.3 Å². The molecule has 2 aromatic heterocycles. The summed E-state index contributed by atoms with van der Waals surface area (Å²) in [5.74, 6) is -0.438. The number of nitrogens with one attached hydrogen (secondary N) is 3. The molecule has 0 aliphatic heterocycles. The molecule has 0 bridgehead atoms. The van der Waals surface area contributed by atoms with Gasteiger partial charge in [-0.2, -0.15) is 5.21 Å². The van der Waals surface area contributed by atoms with E-state index < -0.39 is 5.91 Å². The predicted octanol–water partition coefficient (Wildman–Crippen LogP) is 4.28. The van der Waals surface area contributed by atoms with E-state index in [1.807, 2.05) is 6.07 Å². The number of anilines is 2. The number of nitrogens with zero attached hydrogens (tertiary/aromatic N) is 4. The Morgan fingerprint density at radius 1 is 0.939 bits per heavy atom. The fourth-order valence-corrected chi connectivity index (χ4v) is 3.60. The summed E-state index contributed by atoms with van der Waals surface area (Å²) >= 11 is 3.40. The largest absolute Gasteiger partial charge is 0.355 e. The van der Waals surface area contributed by atoms with Crippen LogP contribution in [0.2, 0.25) is 0 Å². The molecule has 3 N–H and O–H groups in total. The van der Waals surface area contributed by atoms with Crippen LogP contribution < -0.4 is 10.6 Å². The van der Waals surface area contributed by atoms with E-state index >= 15 is 0 Å². The molecule has 5 aromatic rings. The molecule has 10 nitrogen and oxygen atoms in total. The highest BCUT2D eigenvalue weighted by atomic mass is 79.9. The van der Waals surface area contributed by atoms with Gasteiger partial charge in [0.15, 0.2) is 11.3 Å². The highest BCUT2D eigenvalue weighted by Gasteiger charge is 2.20. The van der Waals surface area contributed by atoms with E-state index in [0.717, 1.165) is 4.47 Å². The second kappa shape index (κ2) is 8.63. The lowest BCUT2D eigenvalue weighted by Crippen LogP contribution is -2.14. The van der Waals surface area contributed by atoms with E-state index in [0.29, 0.717) is 39.3 Å². The standard InChI is InChI=1S/C22H14BrN7O3/c23-13-6-8-17(15(10-13)20-26-29-30-27-20)25-22(32)19-16-11-14(7-9-18(16)33-28-19)24-21(31)12-4-2-1-3-5-12/h1-11H,(H,24,31)(H,25,32)(H,26,27,29,30). The summed E-state index contributed by atoms with van der Waals surface area (Å²) in [6.07, 6.45) is 0. The molecule has 0 aliphatic rings. The molecule has 0 saturated carbocycles. The highest BCUT2D eigenvalue weighted by Crippen LogP contribution is 2.30. The topological polar surface area (TPSA) is 139 Å². The zero-order valence-electron chi connectivity index (χ0n) is 16.7. The zero-order valence-corrected chi connectivity index (χ0v) is 18.3. The molecular formula is C22H14BrN7O3. The average molecular weight is 504 g/mol. The normalized spacial score (nSPS) is 10.8. The number of benzene rings is 3. The molecular weight excluding hydrogens is 490 g/mol. The first kappa shape index (κ1) is 20.5. The number of hydrogen-bond donors (Lipinski definition) is 3. The van der Waals surface area contributed by atoms with Crippen LogP contribution in [0.25, 0.3) is 22.4 Å². The third kappa shape index (κ3) is 4.21. The van der Waals surface area contributed by atoms with Gasteiger partial charge >= 0.3 is 0 Å². The van der Waals surface area contributed by atoms with Gasteiger partial charge in [-0.15, -0.1) is 10.2 Å². The first-order chi connectivity index (χ1) is 16.1. The minimum atomic E-state index is -0.493. The lowest BCUT2D eigenvalue weighted by molar-refractivity contribution is 0.101. The van der Waals surface area contributed by atoms with E-state index in [4.69, 9.17) is 4.52 Å². The van der Waals surface area contributed by atoms with Crippen LogP contribution in [0.4, 0.5) is 11.4 Å². The van der Waals surface area contributed by atoms with Crippen LogP contribution in [0.1, 0.15) is 20.8 Å². The predicted molar refractivity (Wildman–Crippen MR) is 124 cm³/mol. The smallest absolute Gasteiger partial charge is 0.278 e. The number of halogens is 1.